The number of carbonyl (C=O) groups excluding carboxylic acids is 1. The van der Waals surface area contributed by atoms with Crippen LogP contribution >= 0.6 is 11.6 Å². The van der Waals surface area contributed by atoms with Crippen molar-refractivity contribution in [3.8, 4) is 0 Å². The van der Waals surface area contributed by atoms with Gasteiger partial charge in [-0.05, 0) is 18.6 Å². The van der Waals surface area contributed by atoms with Crippen LogP contribution in [0.2, 0.25) is 5.02 Å². The maximum atomic E-state index is 12.5. The van der Waals surface area contributed by atoms with Crippen molar-refractivity contribution in [2.45, 2.75) is 19.5 Å². The Labute approximate surface area is 166 Å². The fourth-order valence-electron chi connectivity index (χ4n) is 3.55. The van der Waals surface area contributed by atoms with Gasteiger partial charge in [-0.25, -0.2) is 0 Å². The summed E-state index contributed by atoms with van der Waals surface area (Å²) in [6.45, 7) is 6.91. The second kappa shape index (κ2) is 8.87. The SMILES string of the molecule is CC(c1ccccc1Cl)N1CCN(CC(=O)N(C)Cc2cnn(C)c2)CC1. The summed E-state index contributed by atoms with van der Waals surface area (Å²) in [5, 5.41) is 4.97. The largest absolute Gasteiger partial charge is 0.340 e. The van der Waals surface area contributed by atoms with Crippen LogP contribution in [0, 0.1) is 0 Å². The fraction of sp³-hybridized carbons (Fsp3) is 0.500. The number of aryl methyl sites for hydroxylation is 1. The van der Waals surface area contributed by atoms with Gasteiger partial charge in [-0.1, -0.05) is 29.8 Å². The summed E-state index contributed by atoms with van der Waals surface area (Å²) < 4.78 is 1.76. The smallest absolute Gasteiger partial charge is 0.236 e. The molecule has 0 radical (unpaired) electrons. The number of amides is 1. The van der Waals surface area contributed by atoms with E-state index in [-0.39, 0.29) is 11.9 Å². The first-order valence-corrected chi connectivity index (χ1v) is 9.74. The fourth-order valence-corrected chi connectivity index (χ4v) is 3.84. The Morgan fingerprint density at radius 2 is 1.96 bits per heavy atom. The van der Waals surface area contributed by atoms with E-state index in [9.17, 15) is 4.79 Å². The number of halogens is 1. The molecule has 0 bridgehead atoms. The molecule has 3 rings (SSSR count). The summed E-state index contributed by atoms with van der Waals surface area (Å²) in [7, 11) is 3.74. The van der Waals surface area contributed by atoms with Crippen molar-refractivity contribution in [1.82, 2.24) is 24.5 Å². The number of carbonyl (C=O) groups is 1. The lowest BCUT2D eigenvalue weighted by Crippen LogP contribution is -2.50. The molecule has 146 valence electrons. The molecule has 1 aliphatic heterocycles. The Hall–Kier alpha value is -1.89. The molecule has 0 aliphatic carbocycles. The number of hydrogen-bond acceptors (Lipinski definition) is 4. The predicted octanol–water partition coefficient (Wildman–Crippen LogP) is 2.41. The number of aromatic nitrogens is 2. The van der Waals surface area contributed by atoms with Crippen LogP contribution in [0.1, 0.15) is 24.1 Å². The molecular formula is C20H28ClN5O. The Morgan fingerprint density at radius 1 is 1.26 bits per heavy atom. The van der Waals surface area contributed by atoms with Crippen LogP contribution in [0.3, 0.4) is 0 Å². The van der Waals surface area contributed by atoms with Crippen LogP contribution in [-0.2, 0) is 18.4 Å². The van der Waals surface area contributed by atoms with Crippen molar-refractivity contribution < 1.29 is 4.79 Å². The number of likely N-dealkylation sites (N-methyl/N-ethyl adjacent to an activating group) is 1. The molecule has 1 fully saturated rings. The van der Waals surface area contributed by atoms with E-state index in [2.05, 4.69) is 27.9 Å². The maximum absolute atomic E-state index is 12.5. The van der Waals surface area contributed by atoms with Gasteiger partial charge >= 0.3 is 0 Å². The normalized spacial score (nSPS) is 17.0. The minimum Gasteiger partial charge on any atom is -0.340 e. The van der Waals surface area contributed by atoms with Crippen LogP contribution < -0.4 is 0 Å². The van der Waals surface area contributed by atoms with Crippen LogP contribution in [0.5, 0.6) is 0 Å². The Balaban J connectivity index is 1.47. The van der Waals surface area contributed by atoms with Crippen molar-refractivity contribution in [3.63, 3.8) is 0 Å². The van der Waals surface area contributed by atoms with E-state index in [0.29, 0.717) is 13.1 Å². The topological polar surface area (TPSA) is 44.6 Å². The quantitative estimate of drug-likeness (QED) is 0.761. The van der Waals surface area contributed by atoms with E-state index in [1.165, 1.54) is 5.56 Å². The second-order valence-electron chi connectivity index (χ2n) is 7.28. The van der Waals surface area contributed by atoms with E-state index < -0.39 is 0 Å². The molecule has 2 heterocycles. The number of benzene rings is 1. The molecular weight excluding hydrogens is 362 g/mol. The first-order valence-electron chi connectivity index (χ1n) is 9.36. The first-order chi connectivity index (χ1) is 12.9. The Morgan fingerprint density at radius 3 is 2.59 bits per heavy atom. The molecule has 0 N–H and O–H groups in total. The second-order valence-corrected chi connectivity index (χ2v) is 7.69. The third kappa shape index (κ3) is 5.09. The lowest BCUT2D eigenvalue weighted by molar-refractivity contribution is -0.132. The standard InChI is InChI=1S/C20H28ClN5O/c1-16(18-6-4-5-7-19(18)21)26-10-8-25(9-11-26)15-20(27)23(2)13-17-12-22-24(3)14-17/h4-7,12,14,16H,8-11,13,15H2,1-3H3. The van der Waals surface area contributed by atoms with Gasteiger partial charge < -0.3 is 4.90 Å². The first kappa shape index (κ1) is 19.9. The molecule has 1 aliphatic rings. The third-order valence-electron chi connectivity index (χ3n) is 5.27. The summed E-state index contributed by atoms with van der Waals surface area (Å²) in [4.78, 5) is 19.0. The van der Waals surface area contributed by atoms with Crippen molar-refractivity contribution >= 4 is 17.5 Å². The lowest BCUT2D eigenvalue weighted by atomic mass is 10.1. The average Bonchev–Trinajstić information content (AvgIpc) is 3.07. The number of rotatable bonds is 6. The van der Waals surface area contributed by atoms with Crippen molar-refractivity contribution in [3.05, 3.63) is 52.8 Å². The average molecular weight is 390 g/mol. The van der Waals surface area contributed by atoms with E-state index >= 15 is 0 Å². The lowest BCUT2D eigenvalue weighted by Gasteiger charge is -2.38. The molecule has 1 aromatic heterocycles. The van der Waals surface area contributed by atoms with Gasteiger partial charge in [-0.2, -0.15) is 5.10 Å². The number of nitrogens with zero attached hydrogens (tertiary/aromatic N) is 5. The zero-order chi connectivity index (χ0) is 19.4. The predicted molar refractivity (Wildman–Crippen MR) is 108 cm³/mol. The van der Waals surface area contributed by atoms with Crippen molar-refractivity contribution in [2.75, 3.05) is 39.8 Å². The summed E-state index contributed by atoms with van der Waals surface area (Å²) in [6, 6.07) is 8.32. The minimum atomic E-state index is 0.145. The number of piperazine rings is 1. The highest BCUT2D eigenvalue weighted by Gasteiger charge is 2.25. The highest BCUT2D eigenvalue weighted by molar-refractivity contribution is 6.31. The minimum absolute atomic E-state index is 0.145. The monoisotopic (exact) mass is 389 g/mol. The molecule has 1 saturated heterocycles. The van der Waals surface area contributed by atoms with Crippen LogP contribution in [-0.4, -0.2) is 70.2 Å². The van der Waals surface area contributed by atoms with Gasteiger partial charge in [0.25, 0.3) is 0 Å². The van der Waals surface area contributed by atoms with E-state index in [0.717, 1.165) is 36.8 Å². The molecule has 1 atom stereocenters. The summed E-state index contributed by atoms with van der Waals surface area (Å²) >= 11 is 6.35. The maximum Gasteiger partial charge on any atom is 0.236 e. The molecule has 1 unspecified atom stereocenters. The summed E-state index contributed by atoms with van der Waals surface area (Å²) in [6.07, 6.45) is 3.75. The molecule has 2 aromatic rings. The highest BCUT2D eigenvalue weighted by atomic mass is 35.5. The van der Waals surface area contributed by atoms with Gasteiger partial charge in [-0.3, -0.25) is 19.3 Å². The molecule has 7 heteroatoms. The summed E-state index contributed by atoms with van der Waals surface area (Å²) in [5.41, 5.74) is 2.21. The number of hydrogen-bond donors (Lipinski definition) is 0. The molecule has 1 amide bonds. The van der Waals surface area contributed by atoms with E-state index in [1.807, 2.05) is 38.5 Å². The Kier molecular flexibility index (Phi) is 6.52. The van der Waals surface area contributed by atoms with E-state index in [1.54, 1.807) is 15.8 Å². The molecule has 0 saturated carbocycles. The van der Waals surface area contributed by atoms with Gasteiger partial charge in [0.15, 0.2) is 0 Å². The van der Waals surface area contributed by atoms with Crippen LogP contribution in [0.15, 0.2) is 36.7 Å². The molecule has 1 aromatic carbocycles. The van der Waals surface area contributed by atoms with Gasteiger partial charge in [0.2, 0.25) is 5.91 Å². The van der Waals surface area contributed by atoms with Crippen LogP contribution in [0.25, 0.3) is 0 Å². The summed E-state index contributed by atoms with van der Waals surface area (Å²) in [5.74, 6) is 0.145. The molecule has 6 nitrogen and oxygen atoms in total. The zero-order valence-electron chi connectivity index (χ0n) is 16.3. The van der Waals surface area contributed by atoms with Gasteiger partial charge in [0, 0.05) is 69.6 Å². The Bertz CT molecular complexity index is 769. The van der Waals surface area contributed by atoms with Gasteiger partial charge in [-0.15, -0.1) is 0 Å². The van der Waals surface area contributed by atoms with Gasteiger partial charge in [0.1, 0.15) is 0 Å². The third-order valence-corrected chi connectivity index (χ3v) is 5.62. The van der Waals surface area contributed by atoms with Crippen LogP contribution in [0.4, 0.5) is 0 Å². The van der Waals surface area contributed by atoms with Gasteiger partial charge in [0.05, 0.1) is 12.7 Å². The highest BCUT2D eigenvalue weighted by Crippen LogP contribution is 2.27. The van der Waals surface area contributed by atoms with E-state index in [4.69, 9.17) is 11.6 Å². The van der Waals surface area contributed by atoms with Crippen molar-refractivity contribution in [2.24, 2.45) is 7.05 Å². The zero-order valence-corrected chi connectivity index (χ0v) is 17.1. The van der Waals surface area contributed by atoms with Crippen molar-refractivity contribution in [1.29, 1.82) is 0 Å². The molecule has 27 heavy (non-hydrogen) atoms. The molecule has 0 spiro atoms.